The number of fused-ring (bicyclic) bond motifs is 1. The second kappa shape index (κ2) is 5.68. The number of rotatable bonds is 2. The molecule has 2 aromatic heterocycles. The molecule has 0 spiro atoms. The number of hydrogen-bond acceptors (Lipinski definition) is 5. The van der Waals surface area contributed by atoms with E-state index in [1.165, 1.54) is 0 Å². The van der Waals surface area contributed by atoms with Gasteiger partial charge in [-0.3, -0.25) is 9.78 Å². The second-order valence-corrected chi connectivity index (χ2v) is 6.12. The van der Waals surface area contributed by atoms with Crippen molar-refractivity contribution in [3.63, 3.8) is 0 Å². The molecule has 0 radical (unpaired) electrons. The summed E-state index contributed by atoms with van der Waals surface area (Å²) >= 11 is 0. The first kappa shape index (κ1) is 14.8. The molecule has 3 aromatic rings. The van der Waals surface area contributed by atoms with Gasteiger partial charge in [0.15, 0.2) is 5.69 Å². The summed E-state index contributed by atoms with van der Waals surface area (Å²) in [4.78, 5) is 18.7. The number of likely N-dealkylation sites (tertiary alicyclic amines) is 1. The molecule has 7 heteroatoms. The molecule has 7 nitrogen and oxygen atoms in total. The zero-order valence-electron chi connectivity index (χ0n) is 13.4. The van der Waals surface area contributed by atoms with Crippen molar-refractivity contribution in [3.8, 4) is 5.69 Å². The first-order valence-electron chi connectivity index (χ1n) is 7.96. The summed E-state index contributed by atoms with van der Waals surface area (Å²) in [7, 11) is 0. The van der Waals surface area contributed by atoms with Crippen molar-refractivity contribution >= 4 is 16.8 Å². The Kier molecular flexibility index (Phi) is 3.50. The van der Waals surface area contributed by atoms with Gasteiger partial charge in [0, 0.05) is 30.7 Å². The molecular weight excluding hydrogens is 304 g/mol. The highest BCUT2D eigenvalue weighted by Crippen LogP contribution is 2.19. The molecule has 2 N–H and O–H groups in total. The maximum Gasteiger partial charge on any atom is 0.276 e. The van der Waals surface area contributed by atoms with Crippen LogP contribution in [0.5, 0.6) is 0 Å². The predicted octanol–water partition coefficient (Wildman–Crippen LogP) is 1.30. The molecule has 1 amide bonds. The summed E-state index contributed by atoms with van der Waals surface area (Å²) in [5, 5.41) is 9.30. The zero-order valence-corrected chi connectivity index (χ0v) is 13.4. The predicted molar refractivity (Wildman–Crippen MR) is 89.9 cm³/mol. The maximum absolute atomic E-state index is 12.6. The van der Waals surface area contributed by atoms with Gasteiger partial charge in [0.25, 0.3) is 5.91 Å². The first-order chi connectivity index (χ1) is 11.6. The van der Waals surface area contributed by atoms with E-state index in [4.69, 9.17) is 5.73 Å². The largest absolute Gasteiger partial charge is 0.336 e. The number of amides is 1. The Morgan fingerprint density at radius 2 is 2.21 bits per heavy atom. The van der Waals surface area contributed by atoms with E-state index in [-0.39, 0.29) is 11.9 Å². The molecule has 1 atom stereocenters. The molecule has 0 aliphatic carbocycles. The lowest BCUT2D eigenvalue weighted by Gasteiger charge is -2.14. The van der Waals surface area contributed by atoms with Crippen LogP contribution < -0.4 is 5.73 Å². The number of benzene rings is 1. The molecule has 122 valence electrons. The Labute approximate surface area is 139 Å². The summed E-state index contributed by atoms with van der Waals surface area (Å²) in [5.41, 5.74) is 8.77. The van der Waals surface area contributed by atoms with Gasteiger partial charge in [0.1, 0.15) is 0 Å². The summed E-state index contributed by atoms with van der Waals surface area (Å²) in [6, 6.07) is 9.80. The Morgan fingerprint density at radius 3 is 3.00 bits per heavy atom. The molecule has 1 aliphatic heterocycles. The number of nitrogens with zero attached hydrogens (tertiary/aromatic N) is 5. The average Bonchev–Trinajstić information content (AvgIpc) is 3.20. The Morgan fingerprint density at radius 1 is 1.33 bits per heavy atom. The van der Waals surface area contributed by atoms with Crippen LogP contribution in [-0.2, 0) is 0 Å². The monoisotopic (exact) mass is 322 g/mol. The number of hydrogen-bond donors (Lipinski definition) is 1. The van der Waals surface area contributed by atoms with E-state index in [1.807, 2.05) is 37.3 Å². The Bertz CT molecular complexity index is 918. The van der Waals surface area contributed by atoms with Gasteiger partial charge in [-0.25, -0.2) is 4.68 Å². The Hall–Kier alpha value is -2.80. The van der Waals surface area contributed by atoms with Gasteiger partial charge >= 0.3 is 0 Å². The average molecular weight is 322 g/mol. The van der Waals surface area contributed by atoms with E-state index in [1.54, 1.807) is 15.8 Å². The van der Waals surface area contributed by atoms with Crippen molar-refractivity contribution in [3.05, 3.63) is 47.9 Å². The summed E-state index contributed by atoms with van der Waals surface area (Å²) in [6.45, 7) is 3.11. The second-order valence-electron chi connectivity index (χ2n) is 6.12. The number of carbonyl (C=O) groups is 1. The normalized spacial score (nSPS) is 17.6. The van der Waals surface area contributed by atoms with Crippen molar-refractivity contribution in [2.45, 2.75) is 19.4 Å². The Balaban J connectivity index is 1.69. The highest BCUT2D eigenvalue weighted by atomic mass is 16.2. The third-order valence-corrected chi connectivity index (χ3v) is 4.44. The lowest BCUT2D eigenvalue weighted by Crippen LogP contribution is -2.32. The zero-order chi connectivity index (χ0) is 16.7. The molecular formula is C17H18N6O. The highest BCUT2D eigenvalue weighted by Gasteiger charge is 2.28. The van der Waals surface area contributed by atoms with Crippen LogP contribution in [0.2, 0.25) is 0 Å². The fourth-order valence-corrected chi connectivity index (χ4v) is 3.09. The van der Waals surface area contributed by atoms with Crippen LogP contribution in [0.3, 0.4) is 0 Å². The molecule has 1 fully saturated rings. The third kappa shape index (κ3) is 2.43. The molecule has 24 heavy (non-hydrogen) atoms. The van der Waals surface area contributed by atoms with Gasteiger partial charge in [-0.1, -0.05) is 11.3 Å². The minimum Gasteiger partial charge on any atom is -0.336 e. The van der Waals surface area contributed by atoms with Crippen molar-refractivity contribution < 1.29 is 4.79 Å². The summed E-state index contributed by atoms with van der Waals surface area (Å²) < 4.78 is 1.69. The van der Waals surface area contributed by atoms with Gasteiger partial charge in [-0.2, -0.15) is 0 Å². The van der Waals surface area contributed by atoms with Crippen LogP contribution in [0, 0.1) is 6.92 Å². The van der Waals surface area contributed by atoms with E-state index in [2.05, 4.69) is 15.3 Å². The van der Waals surface area contributed by atoms with Crippen molar-refractivity contribution in [2.75, 3.05) is 13.1 Å². The summed E-state index contributed by atoms with van der Waals surface area (Å²) in [5.74, 6) is -0.103. The van der Waals surface area contributed by atoms with Crippen LogP contribution in [0.4, 0.5) is 0 Å². The van der Waals surface area contributed by atoms with Crippen LogP contribution in [-0.4, -0.2) is 49.9 Å². The number of carbonyl (C=O) groups excluding carboxylic acids is 1. The van der Waals surface area contributed by atoms with Gasteiger partial charge in [-0.15, -0.1) is 5.10 Å². The number of pyridine rings is 1. The number of aromatic nitrogens is 4. The molecule has 4 rings (SSSR count). The van der Waals surface area contributed by atoms with Gasteiger partial charge in [0.2, 0.25) is 0 Å². The van der Waals surface area contributed by atoms with Gasteiger partial charge in [0.05, 0.1) is 16.9 Å². The van der Waals surface area contributed by atoms with E-state index in [0.29, 0.717) is 18.8 Å². The smallest absolute Gasteiger partial charge is 0.276 e. The molecule has 1 aromatic carbocycles. The van der Waals surface area contributed by atoms with Crippen LogP contribution in [0.25, 0.3) is 16.6 Å². The van der Waals surface area contributed by atoms with Crippen molar-refractivity contribution in [1.82, 2.24) is 24.9 Å². The van der Waals surface area contributed by atoms with Crippen molar-refractivity contribution in [1.29, 1.82) is 0 Å². The van der Waals surface area contributed by atoms with Gasteiger partial charge in [-0.05, 0) is 37.6 Å². The summed E-state index contributed by atoms with van der Waals surface area (Å²) in [6.07, 6.45) is 2.59. The quantitative estimate of drug-likeness (QED) is 0.768. The van der Waals surface area contributed by atoms with Gasteiger partial charge < -0.3 is 10.6 Å². The lowest BCUT2D eigenvalue weighted by molar-refractivity contribution is 0.0784. The topological polar surface area (TPSA) is 89.9 Å². The standard InChI is InChI=1S/C17H18N6O/c1-11-16(17(24)22-8-6-13(18)10-22)20-21-23(11)14-4-5-15-12(9-14)3-2-7-19-15/h2-5,7,9,13H,6,8,10,18H2,1H3/t13-/m1/s1. The van der Waals surface area contributed by atoms with E-state index in [0.717, 1.165) is 28.7 Å². The highest BCUT2D eigenvalue weighted by molar-refractivity contribution is 5.93. The SMILES string of the molecule is Cc1c(C(=O)N2CC[C@@H](N)C2)nnn1-c1ccc2ncccc2c1. The minimum atomic E-state index is -0.103. The fraction of sp³-hybridized carbons (Fsp3) is 0.294. The van der Waals surface area contributed by atoms with E-state index >= 15 is 0 Å². The fourth-order valence-electron chi connectivity index (χ4n) is 3.09. The molecule has 1 saturated heterocycles. The van der Waals surface area contributed by atoms with Crippen LogP contribution in [0.15, 0.2) is 36.5 Å². The van der Waals surface area contributed by atoms with E-state index < -0.39 is 0 Å². The molecule has 0 bridgehead atoms. The van der Waals surface area contributed by atoms with Crippen LogP contribution in [0.1, 0.15) is 22.6 Å². The van der Waals surface area contributed by atoms with Crippen LogP contribution >= 0.6 is 0 Å². The van der Waals surface area contributed by atoms with E-state index in [9.17, 15) is 4.79 Å². The van der Waals surface area contributed by atoms with Crippen molar-refractivity contribution in [2.24, 2.45) is 5.73 Å². The minimum absolute atomic E-state index is 0.0530. The third-order valence-electron chi connectivity index (χ3n) is 4.44. The first-order valence-corrected chi connectivity index (χ1v) is 7.96. The molecule has 3 heterocycles. The molecule has 0 saturated carbocycles. The maximum atomic E-state index is 12.6. The number of nitrogens with two attached hydrogens (primary N) is 1. The molecule has 1 aliphatic rings. The lowest BCUT2D eigenvalue weighted by atomic mass is 10.2. The molecule has 0 unspecified atom stereocenters.